The van der Waals surface area contributed by atoms with Crippen molar-refractivity contribution in [3.8, 4) is 0 Å². The molecule has 0 aliphatic heterocycles. The van der Waals surface area contributed by atoms with E-state index in [1.54, 1.807) is 0 Å². The Morgan fingerprint density at radius 3 is 0.615 bits per heavy atom. The fraction of sp³-hybridized carbons (Fsp3) is 1.00. The van der Waals surface area contributed by atoms with Crippen molar-refractivity contribution in [2.75, 3.05) is 0 Å². The summed E-state index contributed by atoms with van der Waals surface area (Å²) in [5, 5.41) is 0. The Labute approximate surface area is 89.6 Å². The molecular weight excluding hydrogens is 217 g/mol. The summed E-state index contributed by atoms with van der Waals surface area (Å²) in [6, 6.07) is 0. The summed E-state index contributed by atoms with van der Waals surface area (Å²) < 4.78 is 1.66. The molecular formula is C12H27Ge. The Balaban J connectivity index is 5.02. The molecule has 0 saturated heterocycles. The molecule has 0 saturated carbocycles. The normalized spacial score (nSPS) is 15.2. The van der Waals surface area contributed by atoms with E-state index in [2.05, 4.69) is 62.3 Å². The second-order valence-corrected chi connectivity index (χ2v) is 18.1. The van der Waals surface area contributed by atoms with Crippen molar-refractivity contribution < 1.29 is 0 Å². The first kappa shape index (κ1) is 13.5. The van der Waals surface area contributed by atoms with Crippen molar-refractivity contribution in [2.45, 2.75) is 75.1 Å². The van der Waals surface area contributed by atoms with E-state index in [4.69, 9.17) is 0 Å². The van der Waals surface area contributed by atoms with Crippen LogP contribution < -0.4 is 0 Å². The van der Waals surface area contributed by atoms with E-state index >= 15 is 0 Å². The fourth-order valence-electron chi connectivity index (χ4n) is 3.38. The molecule has 13 heavy (non-hydrogen) atoms. The predicted octanol–water partition coefficient (Wildman–Crippen LogP) is 4.88. The van der Waals surface area contributed by atoms with Crippen molar-refractivity contribution in [3.63, 3.8) is 0 Å². The van der Waals surface area contributed by atoms with Gasteiger partial charge in [-0.3, -0.25) is 0 Å². The van der Waals surface area contributed by atoms with Crippen LogP contribution in [0.15, 0.2) is 0 Å². The molecule has 0 rings (SSSR count). The predicted molar refractivity (Wildman–Crippen MR) is 64.9 cm³/mol. The average Bonchev–Trinajstić information content (AvgIpc) is 1.44. The second-order valence-electron chi connectivity index (χ2n) is 7.12. The Kier molecular flexibility index (Phi) is 3.75. The minimum atomic E-state index is -1.10. The van der Waals surface area contributed by atoms with Gasteiger partial charge in [0, 0.05) is 0 Å². The second kappa shape index (κ2) is 3.60. The van der Waals surface area contributed by atoms with Gasteiger partial charge in [-0.25, -0.2) is 0 Å². The number of hydrogen-bond donors (Lipinski definition) is 0. The molecule has 1 heteroatoms. The van der Waals surface area contributed by atoms with Gasteiger partial charge in [0.25, 0.3) is 0 Å². The molecule has 79 valence electrons. The summed E-state index contributed by atoms with van der Waals surface area (Å²) in [5.74, 6) is 0. The van der Waals surface area contributed by atoms with Crippen LogP contribution in [0, 0.1) is 0 Å². The number of hydrogen-bond acceptors (Lipinski definition) is 0. The van der Waals surface area contributed by atoms with Gasteiger partial charge < -0.3 is 0 Å². The molecule has 0 aliphatic carbocycles. The molecule has 0 aromatic carbocycles. The van der Waals surface area contributed by atoms with E-state index in [0.29, 0.717) is 12.7 Å². The zero-order valence-electron chi connectivity index (χ0n) is 11.0. The molecule has 1 radical (unpaired) electrons. The summed E-state index contributed by atoms with van der Waals surface area (Å²) in [4.78, 5) is 0. The number of rotatable bonds is 0. The van der Waals surface area contributed by atoms with Crippen LogP contribution in [-0.4, -0.2) is 14.3 Å². The van der Waals surface area contributed by atoms with Crippen LogP contribution in [0.5, 0.6) is 0 Å². The summed E-state index contributed by atoms with van der Waals surface area (Å²) >= 11 is -1.10. The minimum absolute atomic E-state index is 0.552. The summed E-state index contributed by atoms with van der Waals surface area (Å²) in [5.41, 5.74) is 0. The Morgan fingerprint density at radius 1 is 0.462 bits per heavy atom. The van der Waals surface area contributed by atoms with E-state index in [9.17, 15) is 0 Å². The van der Waals surface area contributed by atoms with Gasteiger partial charge in [0.05, 0.1) is 0 Å². The zero-order chi connectivity index (χ0) is 11.1. The molecule has 0 fully saturated rings. The van der Waals surface area contributed by atoms with E-state index < -0.39 is 14.3 Å². The van der Waals surface area contributed by atoms with Gasteiger partial charge in [-0.15, -0.1) is 0 Å². The van der Waals surface area contributed by atoms with E-state index in [-0.39, 0.29) is 0 Å². The van der Waals surface area contributed by atoms with Crippen LogP contribution in [0.2, 0.25) is 12.7 Å². The quantitative estimate of drug-likeness (QED) is 0.532. The van der Waals surface area contributed by atoms with E-state index in [1.165, 1.54) is 0 Å². The van der Waals surface area contributed by atoms with Gasteiger partial charge >= 0.3 is 89.4 Å². The molecule has 0 atom stereocenters. The molecule has 0 bridgehead atoms. The van der Waals surface area contributed by atoms with Gasteiger partial charge in [0.2, 0.25) is 0 Å². The Hall–Kier alpha value is 0.543. The zero-order valence-corrected chi connectivity index (χ0v) is 13.1. The van der Waals surface area contributed by atoms with E-state index in [1.807, 2.05) is 0 Å². The molecule has 0 N–H and O–H groups in total. The van der Waals surface area contributed by atoms with Gasteiger partial charge in [-0.2, -0.15) is 0 Å². The first-order valence-electron chi connectivity index (χ1n) is 5.25. The molecule has 0 spiro atoms. The SMILES string of the molecule is C[C](C)(C)[Ge]([C](C)(C)C)[C](C)(C)C. The topological polar surface area (TPSA) is 0 Å². The van der Waals surface area contributed by atoms with Gasteiger partial charge in [0.1, 0.15) is 0 Å². The molecule has 0 aromatic rings. The maximum atomic E-state index is 2.43. The Bertz CT molecular complexity index is 128. The summed E-state index contributed by atoms with van der Waals surface area (Å²) in [6.07, 6.45) is 0. The summed E-state index contributed by atoms with van der Waals surface area (Å²) in [6.45, 7) is 21.9. The monoisotopic (exact) mass is 245 g/mol. The van der Waals surface area contributed by atoms with Crippen molar-refractivity contribution in [2.24, 2.45) is 0 Å². The van der Waals surface area contributed by atoms with Crippen LogP contribution in [0.4, 0.5) is 0 Å². The first-order chi connectivity index (χ1) is 5.37. The fourth-order valence-corrected chi connectivity index (χ4v) is 17.5. The van der Waals surface area contributed by atoms with Gasteiger partial charge in [-0.1, -0.05) is 0 Å². The van der Waals surface area contributed by atoms with Crippen LogP contribution in [0.1, 0.15) is 62.3 Å². The molecule has 0 unspecified atom stereocenters. The van der Waals surface area contributed by atoms with Gasteiger partial charge in [-0.05, 0) is 0 Å². The van der Waals surface area contributed by atoms with E-state index in [0.717, 1.165) is 0 Å². The van der Waals surface area contributed by atoms with Crippen molar-refractivity contribution in [3.05, 3.63) is 0 Å². The molecule has 0 heterocycles. The van der Waals surface area contributed by atoms with Crippen LogP contribution in [0.3, 0.4) is 0 Å². The first-order valence-corrected chi connectivity index (χ1v) is 8.40. The van der Waals surface area contributed by atoms with Crippen LogP contribution in [0.25, 0.3) is 0 Å². The summed E-state index contributed by atoms with van der Waals surface area (Å²) in [7, 11) is 0. The van der Waals surface area contributed by atoms with Crippen LogP contribution >= 0.6 is 0 Å². The standard InChI is InChI=1S/C12H27Ge/c1-10(2,3)13(11(4,5)6)12(7,8)9/h1-9H3. The van der Waals surface area contributed by atoms with Crippen molar-refractivity contribution >= 4 is 14.3 Å². The van der Waals surface area contributed by atoms with Crippen LogP contribution in [-0.2, 0) is 0 Å². The molecule has 0 nitrogen and oxygen atoms in total. The Morgan fingerprint density at radius 2 is 0.615 bits per heavy atom. The maximum absolute atomic E-state index is 2.43. The molecule has 0 amide bonds. The molecule has 0 aliphatic rings. The molecule has 0 aromatic heterocycles. The third-order valence-electron chi connectivity index (χ3n) is 2.25. The van der Waals surface area contributed by atoms with Gasteiger partial charge in [0.15, 0.2) is 0 Å². The van der Waals surface area contributed by atoms with Crippen molar-refractivity contribution in [1.29, 1.82) is 0 Å². The van der Waals surface area contributed by atoms with Crippen molar-refractivity contribution in [1.82, 2.24) is 0 Å². The average molecular weight is 244 g/mol. The third kappa shape index (κ3) is 4.05. The third-order valence-corrected chi connectivity index (χ3v) is 11.7.